The Labute approximate surface area is 204 Å². The molecule has 0 aliphatic carbocycles. The highest BCUT2D eigenvalue weighted by Crippen LogP contribution is 2.36. The van der Waals surface area contributed by atoms with Gasteiger partial charge in [0, 0.05) is 19.0 Å². The van der Waals surface area contributed by atoms with E-state index in [1.165, 1.54) is 16.0 Å². The second-order valence-corrected chi connectivity index (χ2v) is 8.93. The van der Waals surface area contributed by atoms with Crippen LogP contribution in [-0.4, -0.2) is 49.3 Å². The summed E-state index contributed by atoms with van der Waals surface area (Å²) in [5.74, 6) is -7.89. The van der Waals surface area contributed by atoms with Gasteiger partial charge in [-0.3, -0.25) is 14.3 Å². The van der Waals surface area contributed by atoms with E-state index >= 15 is 0 Å². The zero-order chi connectivity index (χ0) is 26.6. The Morgan fingerprint density at radius 3 is 2.49 bits per heavy atom. The number of halogens is 6. The van der Waals surface area contributed by atoms with Crippen LogP contribution in [0.5, 0.6) is 0 Å². The predicted molar refractivity (Wildman–Crippen MR) is 111 cm³/mol. The van der Waals surface area contributed by atoms with E-state index in [9.17, 15) is 35.9 Å². The van der Waals surface area contributed by atoms with Crippen LogP contribution in [0.4, 0.5) is 32.0 Å². The van der Waals surface area contributed by atoms with Gasteiger partial charge < -0.3 is 14.2 Å². The third kappa shape index (κ3) is 4.53. The van der Waals surface area contributed by atoms with E-state index in [4.69, 9.17) is 4.42 Å². The molecule has 2 aliphatic heterocycles. The molecular weight excluding hydrogens is 510 g/mol. The normalized spacial score (nSPS) is 20.0. The van der Waals surface area contributed by atoms with Crippen molar-refractivity contribution >= 4 is 17.5 Å². The lowest BCUT2D eigenvalue weighted by Gasteiger charge is -2.35. The van der Waals surface area contributed by atoms with Crippen molar-refractivity contribution < 1.29 is 40.3 Å². The third-order valence-corrected chi connectivity index (χ3v) is 6.38. The predicted octanol–water partition coefficient (Wildman–Crippen LogP) is 3.20. The Balaban J connectivity index is 1.34. The summed E-state index contributed by atoms with van der Waals surface area (Å²) in [4.78, 5) is 28.5. The summed E-state index contributed by atoms with van der Waals surface area (Å²) >= 11 is 0. The smallest absolute Gasteiger partial charge is 0.417 e. The van der Waals surface area contributed by atoms with E-state index < -0.39 is 47.3 Å². The molecule has 0 saturated carbocycles. The minimum Gasteiger partial charge on any atom is -0.417 e. The number of benzene rings is 1. The van der Waals surface area contributed by atoms with E-state index in [0.717, 1.165) is 12.1 Å². The molecule has 5 rings (SSSR count). The largest absolute Gasteiger partial charge is 0.470 e. The van der Waals surface area contributed by atoms with Crippen LogP contribution in [0.25, 0.3) is 0 Å². The Kier molecular flexibility index (Phi) is 5.95. The molecule has 4 heterocycles. The van der Waals surface area contributed by atoms with Crippen LogP contribution < -0.4 is 4.90 Å². The number of hydrogen-bond donors (Lipinski definition) is 0. The molecule has 0 N–H and O–H groups in total. The summed E-state index contributed by atoms with van der Waals surface area (Å²) in [6, 6.07) is 1.15. The number of anilines is 1. The van der Waals surface area contributed by atoms with Gasteiger partial charge in [0.05, 0.1) is 43.0 Å². The summed E-state index contributed by atoms with van der Waals surface area (Å²) in [7, 11) is 0. The lowest BCUT2D eigenvalue weighted by Crippen LogP contribution is -2.46. The first-order chi connectivity index (χ1) is 17.4. The molecule has 2 aliphatic rings. The van der Waals surface area contributed by atoms with Crippen LogP contribution in [0.2, 0.25) is 0 Å². The number of amides is 2. The van der Waals surface area contributed by atoms with Gasteiger partial charge in [0.25, 0.3) is 0 Å². The molecular formula is C22H18F6N6O3. The first kappa shape index (κ1) is 24.8. The van der Waals surface area contributed by atoms with Crippen molar-refractivity contribution in [3.05, 3.63) is 58.8 Å². The fourth-order valence-corrected chi connectivity index (χ4v) is 4.55. The maximum Gasteiger partial charge on any atom is 0.470 e. The topological polar surface area (TPSA) is 97.4 Å². The van der Waals surface area contributed by atoms with Gasteiger partial charge in [-0.25, -0.2) is 13.2 Å². The minimum atomic E-state index is -4.81. The highest BCUT2D eigenvalue weighted by atomic mass is 19.4. The molecule has 2 atom stereocenters. The fraction of sp³-hybridized carbons (Fsp3) is 0.409. The lowest BCUT2D eigenvalue weighted by atomic mass is 10.1. The number of fused-ring (bicyclic) bond motifs is 1. The van der Waals surface area contributed by atoms with Crippen LogP contribution in [-0.2, 0) is 35.3 Å². The number of aromatic nitrogens is 4. The van der Waals surface area contributed by atoms with Crippen molar-refractivity contribution in [1.82, 2.24) is 24.9 Å². The molecule has 1 saturated heterocycles. The van der Waals surface area contributed by atoms with Gasteiger partial charge >= 0.3 is 12.1 Å². The second kappa shape index (κ2) is 8.88. The summed E-state index contributed by atoms with van der Waals surface area (Å²) in [6.45, 7) is 1.99. The van der Waals surface area contributed by atoms with E-state index in [1.54, 1.807) is 11.6 Å². The van der Waals surface area contributed by atoms with Crippen LogP contribution >= 0.6 is 0 Å². The van der Waals surface area contributed by atoms with E-state index in [1.807, 2.05) is 0 Å². The summed E-state index contributed by atoms with van der Waals surface area (Å²) in [6.07, 6.45) is -3.93. The Morgan fingerprint density at radius 1 is 1.14 bits per heavy atom. The third-order valence-electron chi connectivity index (χ3n) is 6.38. The summed E-state index contributed by atoms with van der Waals surface area (Å²) in [5.41, 5.74) is 0.827. The summed E-state index contributed by atoms with van der Waals surface area (Å²) < 4.78 is 85.2. The molecule has 1 aromatic carbocycles. The number of alkyl halides is 3. The maximum absolute atomic E-state index is 13.6. The highest BCUT2D eigenvalue weighted by Gasteiger charge is 2.42. The number of rotatable bonds is 4. The SMILES string of the molecule is C[C@H]1Cn2ncc(N3CC(c4nnc(C(F)(F)F)o4)CC3=O)c2CN1C(=O)Cc1cc(F)c(F)c(F)c1. The van der Waals surface area contributed by atoms with Crippen molar-refractivity contribution in [3.63, 3.8) is 0 Å². The van der Waals surface area contributed by atoms with Gasteiger partial charge in [-0.1, -0.05) is 0 Å². The molecule has 9 nitrogen and oxygen atoms in total. The molecule has 1 unspecified atom stereocenters. The van der Waals surface area contributed by atoms with Crippen molar-refractivity contribution in [2.45, 2.75) is 51.0 Å². The first-order valence-corrected chi connectivity index (χ1v) is 11.1. The van der Waals surface area contributed by atoms with Gasteiger partial charge in [-0.2, -0.15) is 18.3 Å². The quantitative estimate of drug-likeness (QED) is 0.381. The monoisotopic (exact) mass is 528 g/mol. The fourth-order valence-electron chi connectivity index (χ4n) is 4.55. The number of hydrogen-bond acceptors (Lipinski definition) is 6. The van der Waals surface area contributed by atoms with Gasteiger partial charge in [0.2, 0.25) is 17.7 Å². The Bertz CT molecular complexity index is 1360. The van der Waals surface area contributed by atoms with Crippen LogP contribution in [0.3, 0.4) is 0 Å². The van der Waals surface area contributed by atoms with Crippen molar-refractivity contribution in [1.29, 1.82) is 0 Å². The van der Waals surface area contributed by atoms with Gasteiger partial charge in [-0.15, -0.1) is 10.2 Å². The van der Waals surface area contributed by atoms with Gasteiger partial charge in [0.1, 0.15) is 0 Å². The van der Waals surface area contributed by atoms with E-state index in [2.05, 4.69) is 15.3 Å². The molecule has 15 heteroatoms. The Morgan fingerprint density at radius 2 is 1.84 bits per heavy atom. The van der Waals surface area contributed by atoms with Crippen LogP contribution in [0.1, 0.15) is 42.3 Å². The number of carbonyl (C=O) groups excluding carboxylic acids is 2. The molecule has 196 valence electrons. The molecule has 2 aromatic heterocycles. The number of nitrogens with zero attached hydrogens (tertiary/aromatic N) is 6. The molecule has 0 bridgehead atoms. The molecule has 0 radical (unpaired) electrons. The zero-order valence-electron chi connectivity index (χ0n) is 19.1. The average molecular weight is 528 g/mol. The first-order valence-electron chi connectivity index (χ1n) is 11.1. The van der Waals surface area contributed by atoms with Crippen molar-refractivity contribution in [2.75, 3.05) is 11.4 Å². The molecule has 37 heavy (non-hydrogen) atoms. The van der Waals surface area contributed by atoms with Gasteiger partial charge in [0.15, 0.2) is 17.5 Å². The van der Waals surface area contributed by atoms with Crippen LogP contribution in [0.15, 0.2) is 22.7 Å². The zero-order valence-corrected chi connectivity index (χ0v) is 19.1. The maximum atomic E-state index is 13.6. The number of carbonyl (C=O) groups is 2. The van der Waals surface area contributed by atoms with Gasteiger partial charge in [-0.05, 0) is 24.6 Å². The molecule has 3 aromatic rings. The van der Waals surface area contributed by atoms with E-state index in [0.29, 0.717) is 11.4 Å². The second-order valence-electron chi connectivity index (χ2n) is 8.93. The van der Waals surface area contributed by atoms with Crippen LogP contribution in [0, 0.1) is 17.5 Å². The highest BCUT2D eigenvalue weighted by molar-refractivity contribution is 5.96. The Hall–Kier alpha value is -3.91. The minimum absolute atomic E-state index is 0.00865. The average Bonchev–Trinajstić information content (AvgIpc) is 3.54. The summed E-state index contributed by atoms with van der Waals surface area (Å²) in [5, 5.41) is 10.7. The molecule has 0 spiro atoms. The van der Waals surface area contributed by atoms with E-state index in [-0.39, 0.29) is 50.0 Å². The van der Waals surface area contributed by atoms with Crippen molar-refractivity contribution in [2.24, 2.45) is 0 Å². The standard InChI is InChI=1S/C22H18F6N6O3/c1-10-7-34-16(9-32(10)17(35)4-11-2-13(23)19(25)14(24)3-11)15(6-29-34)33-8-12(5-18(33)36)20-30-31-21(37-20)22(26,27)28/h2-3,6,10,12H,4-5,7-9H2,1H3/t10-,12?/m0/s1. The lowest BCUT2D eigenvalue weighted by molar-refractivity contribution is -0.157. The molecule has 1 fully saturated rings. The molecule has 2 amide bonds. The van der Waals surface area contributed by atoms with Crippen molar-refractivity contribution in [3.8, 4) is 0 Å².